The van der Waals surface area contributed by atoms with E-state index in [0.29, 0.717) is 0 Å². The zero-order valence-electron chi connectivity index (χ0n) is 10.4. The van der Waals surface area contributed by atoms with E-state index >= 15 is 0 Å². The zero-order chi connectivity index (χ0) is 10.9. The molecule has 1 atom stereocenters. The van der Waals surface area contributed by atoms with Crippen LogP contribution in [0, 0.1) is 11.8 Å². The highest BCUT2D eigenvalue weighted by Gasteiger charge is 2.12. The molecular weight excluding hydrogens is 180 g/mol. The van der Waals surface area contributed by atoms with E-state index in [0.717, 1.165) is 11.8 Å². The molecule has 0 saturated heterocycles. The number of rotatable bonds is 8. The zero-order valence-corrected chi connectivity index (χ0v) is 10.4. The molecule has 0 saturated carbocycles. The Morgan fingerprint density at radius 1 is 0.933 bits per heavy atom. The van der Waals surface area contributed by atoms with Crippen LogP contribution in [-0.2, 0) is 0 Å². The molecule has 0 nitrogen and oxygen atoms in total. The smallest absolute Gasteiger partial charge is 0.00216 e. The fraction of sp³-hybridized carbons (Fsp3) is 0.733. The Labute approximate surface area is 95.5 Å². The molecule has 0 heterocycles. The Hall–Kier alpha value is -0.520. The summed E-state index contributed by atoms with van der Waals surface area (Å²) in [6.45, 7) is 4.66. The van der Waals surface area contributed by atoms with Crippen LogP contribution in [-0.4, -0.2) is 0 Å². The summed E-state index contributed by atoms with van der Waals surface area (Å²) in [4.78, 5) is 0. The van der Waals surface area contributed by atoms with Gasteiger partial charge in [0.05, 0.1) is 0 Å². The lowest BCUT2D eigenvalue weighted by Crippen LogP contribution is -2.04. The third-order valence-electron chi connectivity index (χ3n) is 3.45. The molecule has 0 aromatic rings. The Morgan fingerprint density at radius 2 is 1.53 bits per heavy atom. The van der Waals surface area contributed by atoms with Gasteiger partial charge in [-0.1, -0.05) is 76.7 Å². The molecule has 0 aromatic heterocycles. The van der Waals surface area contributed by atoms with Crippen LogP contribution in [0.1, 0.15) is 58.8 Å². The first-order chi connectivity index (χ1) is 7.34. The minimum absolute atomic E-state index is 0.723. The highest BCUT2D eigenvalue weighted by Crippen LogP contribution is 2.24. The average Bonchev–Trinajstić information content (AvgIpc) is 2.76. The second-order valence-corrected chi connectivity index (χ2v) is 4.88. The number of unbranched alkanes of at least 4 members (excludes halogenated alkanes) is 5. The van der Waals surface area contributed by atoms with Gasteiger partial charge in [-0.15, -0.1) is 0 Å². The maximum absolute atomic E-state index is 2.39. The van der Waals surface area contributed by atoms with Crippen LogP contribution in [0.3, 0.4) is 0 Å². The summed E-state index contributed by atoms with van der Waals surface area (Å²) in [5, 5.41) is 0. The van der Waals surface area contributed by atoms with E-state index < -0.39 is 0 Å². The summed E-state index contributed by atoms with van der Waals surface area (Å²) in [5.74, 6) is 1.56. The van der Waals surface area contributed by atoms with Crippen molar-refractivity contribution in [2.24, 2.45) is 11.8 Å². The van der Waals surface area contributed by atoms with E-state index in [-0.39, 0.29) is 0 Å². The van der Waals surface area contributed by atoms with Crippen molar-refractivity contribution in [2.75, 3.05) is 0 Å². The molecule has 1 aliphatic rings. The van der Waals surface area contributed by atoms with E-state index in [1.807, 2.05) is 0 Å². The topological polar surface area (TPSA) is 0 Å². The molecule has 0 N–H and O–H groups in total. The normalized spacial score (nSPS) is 17.5. The van der Waals surface area contributed by atoms with E-state index in [1.54, 1.807) is 0 Å². The number of hydrogen-bond acceptors (Lipinski definition) is 0. The SMILES string of the molecule is CCCCCCCCC(C)C1C=CC=C1. The van der Waals surface area contributed by atoms with Crippen molar-refractivity contribution in [3.05, 3.63) is 24.3 Å². The highest BCUT2D eigenvalue weighted by molar-refractivity contribution is 5.18. The highest BCUT2D eigenvalue weighted by atomic mass is 14.2. The van der Waals surface area contributed by atoms with Crippen LogP contribution in [0.15, 0.2) is 24.3 Å². The summed E-state index contributed by atoms with van der Waals surface area (Å²) >= 11 is 0. The molecule has 86 valence electrons. The molecule has 1 aliphatic carbocycles. The van der Waals surface area contributed by atoms with Gasteiger partial charge >= 0.3 is 0 Å². The maximum Gasteiger partial charge on any atom is -0.00216 e. The van der Waals surface area contributed by atoms with Gasteiger partial charge < -0.3 is 0 Å². The molecule has 0 aliphatic heterocycles. The number of hydrogen-bond donors (Lipinski definition) is 0. The third kappa shape index (κ3) is 5.20. The monoisotopic (exact) mass is 206 g/mol. The van der Waals surface area contributed by atoms with Gasteiger partial charge in [0.25, 0.3) is 0 Å². The third-order valence-corrected chi connectivity index (χ3v) is 3.45. The van der Waals surface area contributed by atoms with E-state index in [1.165, 1.54) is 44.9 Å². The van der Waals surface area contributed by atoms with Gasteiger partial charge in [-0.25, -0.2) is 0 Å². The van der Waals surface area contributed by atoms with Crippen molar-refractivity contribution in [3.8, 4) is 0 Å². The predicted octanol–water partition coefficient (Wildman–Crippen LogP) is 5.12. The fourth-order valence-electron chi connectivity index (χ4n) is 2.27. The molecule has 0 fully saturated rings. The van der Waals surface area contributed by atoms with Crippen LogP contribution in [0.5, 0.6) is 0 Å². The van der Waals surface area contributed by atoms with Crippen LogP contribution in [0.2, 0.25) is 0 Å². The molecule has 1 rings (SSSR count). The van der Waals surface area contributed by atoms with Gasteiger partial charge in [0, 0.05) is 0 Å². The standard InChI is InChI=1S/C15H26/c1-3-4-5-6-7-8-11-14(2)15-12-9-10-13-15/h9-10,12-15H,3-8,11H2,1-2H3. The lowest BCUT2D eigenvalue weighted by Gasteiger charge is -2.15. The molecule has 15 heavy (non-hydrogen) atoms. The Balaban J connectivity index is 1.95. The van der Waals surface area contributed by atoms with Crippen LogP contribution in [0.25, 0.3) is 0 Å². The molecule has 0 bridgehead atoms. The summed E-state index contributed by atoms with van der Waals surface area (Å²) in [7, 11) is 0. The lowest BCUT2D eigenvalue weighted by molar-refractivity contribution is 0.433. The first-order valence-electron chi connectivity index (χ1n) is 6.69. The van der Waals surface area contributed by atoms with E-state index in [4.69, 9.17) is 0 Å². The maximum atomic E-state index is 2.39. The fourth-order valence-corrected chi connectivity index (χ4v) is 2.27. The van der Waals surface area contributed by atoms with Crippen LogP contribution >= 0.6 is 0 Å². The van der Waals surface area contributed by atoms with Gasteiger partial charge in [-0.2, -0.15) is 0 Å². The summed E-state index contributed by atoms with van der Waals surface area (Å²) < 4.78 is 0. The quantitative estimate of drug-likeness (QED) is 0.484. The second-order valence-electron chi connectivity index (χ2n) is 4.88. The van der Waals surface area contributed by atoms with Crippen LogP contribution < -0.4 is 0 Å². The lowest BCUT2D eigenvalue weighted by atomic mass is 9.90. The predicted molar refractivity (Wildman–Crippen MR) is 68.9 cm³/mol. The first kappa shape index (κ1) is 12.5. The molecule has 0 radical (unpaired) electrons. The molecule has 0 aromatic carbocycles. The molecular formula is C15H26. The van der Waals surface area contributed by atoms with Crippen molar-refractivity contribution in [1.82, 2.24) is 0 Å². The van der Waals surface area contributed by atoms with Gasteiger partial charge in [0.15, 0.2) is 0 Å². The molecule has 0 heteroatoms. The minimum Gasteiger partial charge on any atom is -0.0774 e. The Bertz CT molecular complexity index is 188. The summed E-state index contributed by atoms with van der Waals surface area (Å²) in [5.41, 5.74) is 0. The van der Waals surface area contributed by atoms with Gasteiger partial charge in [0.2, 0.25) is 0 Å². The summed E-state index contributed by atoms with van der Waals surface area (Å²) in [6.07, 6.45) is 18.9. The van der Waals surface area contributed by atoms with E-state index in [2.05, 4.69) is 38.2 Å². The second kappa shape index (κ2) is 7.73. The Morgan fingerprint density at radius 3 is 2.20 bits per heavy atom. The van der Waals surface area contributed by atoms with Gasteiger partial charge in [0.1, 0.15) is 0 Å². The largest absolute Gasteiger partial charge is 0.0774 e. The molecule has 0 spiro atoms. The molecule has 0 amide bonds. The minimum atomic E-state index is 0.723. The van der Waals surface area contributed by atoms with E-state index in [9.17, 15) is 0 Å². The van der Waals surface area contributed by atoms with Crippen molar-refractivity contribution >= 4 is 0 Å². The summed E-state index contributed by atoms with van der Waals surface area (Å²) in [6, 6.07) is 0. The van der Waals surface area contributed by atoms with Gasteiger partial charge in [-0.3, -0.25) is 0 Å². The van der Waals surface area contributed by atoms with Crippen LogP contribution in [0.4, 0.5) is 0 Å². The van der Waals surface area contributed by atoms with Crippen molar-refractivity contribution in [2.45, 2.75) is 58.8 Å². The molecule has 1 unspecified atom stereocenters. The first-order valence-corrected chi connectivity index (χ1v) is 6.69. The van der Waals surface area contributed by atoms with Crippen molar-refractivity contribution < 1.29 is 0 Å². The van der Waals surface area contributed by atoms with Crippen molar-refractivity contribution in [3.63, 3.8) is 0 Å². The number of allylic oxidation sites excluding steroid dienone is 4. The van der Waals surface area contributed by atoms with Gasteiger partial charge in [-0.05, 0) is 18.3 Å². The average molecular weight is 206 g/mol. The Kier molecular flexibility index (Phi) is 6.47. The van der Waals surface area contributed by atoms with Crippen molar-refractivity contribution in [1.29, 1.82) is 0 Å².